The Hall–Kier alpha value is 0.690. The third-order valence-corrected chi connectivity index (χ3v) is 5.94. The molecule has 1 rings (SSSR count). The first kappa shape index (κ1) is 15.7. The summed E-state index contributed by atoms with van der Waals surface area (Å²) in [5.41, 5.74) is 0. The van der Waals surface area contributed by atoms with E-state index in [9.17, 15) is 4.57 Å². The standard InChI is InChI=1S/C10H21Cl2N2O2P/c1-2-16-17(15,13-7-3-4-8-13)14(9-5-11)10-6-12/h2-10H2,1H3. The molecule has 102 valence electrons. The van der Waals surface area contributed by atoms with Crippen LogP contribution in [0.4, 0.5) is 0 Å². The van der Waals surface area contributed by atoms with Gasteiger partial charge in [-0.25, -0.2) is 9.34 Å². The minimum absolute atomic E-state index is 0.432. The number of alkyl halides is 2. The van der Waals surface area contributed by atoms with Gasteiger partial charge >= 0.3 is 7.67 Å². The van der Waals surface area contributed by atoms with E-state index in [0.29, 0.717) is 31.5 Å². The molecule has 0 saturated carbocycles. The third-order valence-electron chi connectivity index (χ3n) is 2.78. The lowest BCUT2D eigenvalue weighted by Gasteiger charge is -2.35. The molecule has 1 fully saturated rings. The van der Waals surface area contributed by atoms with Gasteiger partial charge in [-0.1, -0.05) is 0 Å². The van der Waals surface area contributed by atoms with Gasteiger partial charge < -0.3 is 4.52 Å². The summed E-state index contributed by atoms with van der Waals surface area (Å²) in [5.74, 6) is 0.865. The van der Waals surface area contributed by atoms with Crippen LogP contribution in [0.5, 0.6) is 0 Å². The summed E-state index contributed by atoms with van der Waals surface area (Å²) in [4.78, 5) is 0. The maximum absolute atomic E-state index is 13.0. The fourth-order valence-corrected chi connectivity index (χ4v) is 5.18. The highest BCUT2D eigenvalue weighted by atomic mass is 35.5. The van der Waals surface area contributed by atoms with Crippen molar-refractivity contribution in [2.24, 2.45) is 0 Å². The summed E-state index contributed by atoms with van der Waals surface area (Å²) in [6.07, 6.45) is 2.15. The second-order valence-corrected chi connectivity index (χ2v) is 7.03. The smallest absolute Gasteiger partial charge is 0.306 e. The zero-order valence-electron chi connectivity index (χ0n) is 10.3. The molecular formula is C10H21Cl2N2O2P. The normalized spacial score (nSPS) is 20.9. The average molecular weight is 303 g/mol. The molecule has 17 heavy (non-hydrogen) atoms. The number of nitrogens with zero attached hydrogens (tertiary/aromatic N) is 2. The van der Waals surface area contributed by atoms with Crippen LogP contribution in [0.2, 0.25) is 0 Å². The van der Waals surface area contributed by atoms with Crippen LogP contribution in [0.15, 0.2) is 0 Å². The molecule has 0 radical (unpaired) electrons. The van der Waals surface area contributed by atoms with Crippen LogP contribution >= 0.6 is 30.9 Å². The van der Waals surface area contributed by atoms with E-state index in [0.717, 1.165) is 25.9 Å². The van der Waals surface area contributed by atoms with Crippen LogP contribution < -0.4 is 0 Å². The first-order valence-corrected chi connectivity index (χ1v) is 8.66. The highest BCUT2D eigenvalue weighted by Crippen LogP contribution is 2.55. The van der Waals surface area contributed by atoms with Gasteiger partial charge in [0.1, 0.15) is 0 Å². The lowest BCUT2D eigenvalue weighted by molar-refractivity contribution is 0.231. The minimum atomic E-state index is -2.91. The molecule has 0 bridgehead atoms. The Kier molecular flexibility index (Phi) is 7.39. The Morgan fingerprint density at radius 1 is 1.24 bits per heavy atom. The number of hydrogen-bond acceptors (Lipinski definition) is 2. The van der Waals surface area contributed by atoms with Crippen LogP contribution in [-0.4, -0.2) is 53.9 Å². The topological polar surface area (TPSA) is 32.8 Å². The van der Waals surface area contributed by atoms with Gasteiger partial charge in [0.2, 0.25) is 0 Å². The summed E-state index contributed by atoms with van der Waals surface area (Å²) < 4.78 is 22.3. The molecule has 1 aliphatic rings. The molecule has 0 aliphatic carbocycles. The van der Waals surface area contributed by atoms with Crippen molar-refractivity contribution in [1.29, 1.82) is 0 Å². The van der Waals surface area contributed by atoms with E-state index in [4.69, 9.17) is 27.7 Å². The second-order valence-electron chi connectivity index (χ2n) is 3.90. The van der Waals surface area contributed by atoms with Gasteiger partial charge in [0.05, 0.1) is 6.61 Å². The molecule has 0 aromatic heterocycles. The molecule has 1 unspecified atom stereocenters. The molecule has 0 aromatic carbocycles. The highest BCUT2D eigenvalue weighted by Gasteiger charge is 2.39. The van der Waals surface area contributed by atoms with E-state index >= 15 is 0 Å². The summed E-state index contributed by atoms with van der Waals surface area (Å²) in [7, 11) is -2.91. The number of hydrogen-bond donors (Lipinski definition) is 0. The second kappa shape index (κ2) is 7.98. The Labute approximate surface area is 114 Å². The molecule has 1 saturated heterocycles. The fraction of sp³-hybridized carbons (Fsp3) is 1.00. The van der Waals surface area contributed by atoms with Gasteiger partial charge in [0.25, 0.3) is 0 Å². The zero-order valence-corrected chi connectivity index (χ0v) is 12.7. The molecule has 4 nitrogen and oxygen atoms in total. The first-order valence-electron chi connectivity index (χ1n) is 6.06. The Bertz CT molecular complexity index is 257. The van der Waals surface area contributed by atoms with Gasteiger partial charge in [-0.05, 0) is 19.8 Å². The van der Waals surface area contributed by atoms with Crippen LogP contribution in [0.25, 0.3) is 0 Å². The van der Waals surface area contributed by atoms with Crippen LogP contribution in [0.1, 0.15) is 19.8 Å². The molecular weight excluding hydrogens is 282 g/mol. The van der Waals surface area contributed by atoms with Crippen LogP contribution in [0, 0.1) is 0 Å². The molecule has 0 aromatic rings. The van der Waals surface area contributed by atoms with Crippen molar-refractivity contribution in [3.63, 3.8) is 0 Å². The zero-order chi connectivity index (χ0) is 12.7. The maximum atomic E-state index is 13.0. The maximum Gasteiger partial charge on any atom is 0.346 e. The molecule has 0 amide bonds. The predicted octanol–water partition coefficient (Wildman–Crippen LogP) is 3.01. The van der Waals surface area contributed by atoms with Gasteiger partial charge in [-0.15, -0.1) is 23.2 Å². The van der Waals surface area contributed by atoms with E-state index in [1.807, 2.05) is 16.3 Å². The van der Waals surface area contributed by atoms with E-state index in [1.54, 1.807) is 0 Å². The molecule has 1 atom stereocenters. The fourth-order valence-electron chi connectivity index (χ4n) is 2.02. The summed E-state index contributed by atoms with van der Waals surface area (Å²) >= 11 is 11.5. The molecule has 1 heterocycles. The van der Waals surface area contributed by atoms with Crippen molar-refractivity contribution in [3.05, 3.63) is 0 Å². The summed E-state index contributed by atoms with van der Waals surface area (Å²) in [5, 5.41) is 0. The van der Waals surface area contributed by atoms with E-state index < -0.39 is 7.67 Å². The van der Waals surface area contributed by atoms with Crippen LogP contribution in [0.3, 0.4) is 0 Å². The minimum Gasteiger partial charge on any atom is -0.306 e. The quantitative estimate of drug-likeness (QED) is 0.510. The summed E-state index contributed by atoms with van der Waals surface area (Å²) in [6, 6.07) is 0. The highest BCUT2D eigenvalue weighted by molar-refractivity contribution is 7.54. The number of rotatable bonds is 8. The monoisotopic (exact) mass is 302 g/mol. The SMILES string of the molecule is CCOP(=O)(N(CCCl)CCCl)N1CCCC1. The lowest BCUT2D eigenvalue weighted by Crippen LogP contribution is -2.34. The van der Waals surface area contributed by atoms with Crippen LogP contribution in [-0.2, 0) is 9.09 Å². The van der Waals surface area contributed by atoms with Gasteiger partial charge in [0, 0.05) is 37.9 Å². The van der Waals surface area contributed by atoms with Crippen molar-refractivity contribution in [3.8, 4) is 0 Å². The Morgan fingerprint density at radius 2 is 1.76 bits per heavy atom. The van der Waals surface area contributed by atoms with Crippen molar-refractivity contribution < 1.29 is 9.09 Å². The molecule has 7 heteroatoms. The van der Waals surface area contributed by atoms with Gasteiger partial charge in [0.15, 0.2) is 0 Å². The Balaban J connectivity index is 2.81. The largest absolute Gasteiger partial charge is 0.346 e. The van der Waals surface area contributed by atoms with Gasteiger partial charge in [-0.2, -0.15) is 0 Å². The lowest BCUT2D eigenvalue weighted by atomic mass is 10.4. The molecule has 1 aliphatic heterocycles. The molecule has 0 spiro atoms. The first-order chi connectivity index (χ1) is 8.19. The van der Waals surface area contributed by atoms with E-state index in [-0.39, 0.29) is 0 Å². The third kappa shape index (κ3) is 4.09. The van der Waals surface area contributed by atoms with Gasteiger partial charge in [-0.3, -0.25) is 4.57 Å². The summed E-state index contributed by atoms with van der Waals surface area (Å²) in [6.45, 7) is 5.05. The average Bonchev–Trinajstić information content (AvgIpc) is 2.83. The Morgan fingerprint density at radius 3 is 2.18 bits per heavy atom. The van der Waals surface area contributed by atoms with Crippen molar-refractivity contribution in [1.82, 2.24) is 9.34 Å². The van der Waals surface area contributed by atoms with Crippen molar-refractivity contribution >= 4 is 30.9 Å². The van der Waals surface area contributed by atoms with Crippen molar-refractivity contribution in [2.75, 3.05) is 44.5 Å². The van der Waals surface area contributed by atoms with E-state index in [2.05, 4.69) is 0 Å². The molecule has 0 N–H and O–H groups in total. The van der Waals surface area contributed by atoms with E-state index in [1.165, 1.54) is 0 Å². The predicted molar refractivity (Wildman–Crippen MR) is 73.1 cm³/mol. The number of halogens is 2. The van der Waals surface area contributed by atoms with Crippen molar-refractivity contribution in [2.45, 2.75) is 19.8 Å².